The first-order valence-electron chi connectivity index (χ1n) is 4.23. The lowest BCUT2D eigenvalue weighted by molar-refractivity contribution is -0.126. The van der Waals surface area contributed by atoms with Crippen LogP contribution in [0, 0.1) is 0 Å². The van der Waals surface area contributed by atoms with Crippen molar-refractivity contribution in [3.63, 3.8) is 0 Å². The van der Waals surface area contributed by atoms with Gasteiger partial charge in [0.1, 0.15) is 6.10 Å². The van der Waals surface area contributed by atoms with Crippen molar-refractivity contribution in [2.24, 2.45) is 5.73 Å². The minimum atomic E-state index is -0.958. The van der Waals surface area contributed by atoms with E-state index in [4.69, 9.17) is 5.11 Å². The van der Waals surface area contributed by atoms with Crippen LogP contribution in [0.4, 0.5) is 0 Å². The third-order valence-corrected chi connectivity index (χ3v) is 1.93. The second-order valence-corrected chi connectivity index (χ2v) is 2.90. The van der Waals surface area contributed by atoms with Crippen molar-refractivity contribution in [1.29, 1.82) is 0 Å². The van der Waals surface area contributed by atoms with E-state index in [0.29, 0.717) is 6.42 Å². The highest BCUT2D eigenvalue weighted by atomic mass is 16.3. The van der Waals surface area contributed by atoms with Crippen molar-refractivity contribution in [3.8, 4) is 11.1 Å². The van der Waals surface area contributed by atoms with Gasteiger partial charge in [-0.2, -0.15) is 0 Å². The van der Waals surface area contributed by atoms with E-state index in [1.54, 1.807) is 6.92 Å². The Kier molecular flexibility index (Phi) is 3.03. The van der Waals surface area contributed by atoms with Crippen molar-refractivity contribution in [3.05, 3.63) is 24.3 Å². The molecule has 0 heterocycles. The van der Waals surface area contributed by atoms with Gasteiger partial charge in [0.25, 0.3) is 0 Å². The Labute approximate surface area is 77.2 Å². The fourth-order valence-corrected chi connectivity index (χ4v) is 0.864. The smallest absolute Gasteiger partial charge is 0.246 e. The molecule has 0 aromatic rings. The van der Waals surface area contributed by atoms with E-state index in [1.807, 2.05) is 0 Å². The van der Waals surface area contributed by atoms with E-state index in [-0.39, 0.29) is 0 Å². The van der Waals surface area contributed by atoms with E-state index in [2.05, 4.69) is 30.0 Å². The van der Waals surface area contributed by atoms with Gasteiger partial charge >= 0.3 is 0 Å². The van der Waals surface area contributed by atoms with Crippen LogP contribution in [0.25, 0.3) is 11.1 Å². The molecule has 0 aromatic carbocycles. The van der Waals surface area contributed by atoms with Crippen LogP contribution >= 0.6 is 0 Å². The number of hydrogen-bond acceptors (Lipinski definition) is 2. The highest BCUT2D eigenvalue weighted by Gasteiger charge is 2.04. The van der Waals surface area contributed by atoms with Crippen LogP contribution in [-0.2, 0) is 4.79 Å². The number of aliphatic hydroxyl groups is 1. The van der Waals surface area contributed by atoms with Gasteiger partial charge in [-0.05, 0) is 17.5 Å². The monoisotopic (exact) mass is 179 g/mol. The standard InChI is InChI=1S/C6H4.C4H9NO2/c1-2-6-4-3-5(1)6;1-2-3(6)4(5)7/h1-4H;3,6H,2H2,1H3,(H2,5,7). The van der Waals surface area contributed by atoms with E-state index in [0.717, 1.165) is 0 Å². The molecule has 0 fully saturated rings. The van der Waals surface area contributed by atoms with Crippen LogP contribution in [0.3, 0.4) is 0 Å². The molecule has 13 heavy (non-hydrogen) atoms. The van der Waals surface area contributed by atoms with Crippen LogP contribution in [-0.4, -0.2) is 17.1 Å². The summed E-state index contributed by atoms with van der Waals surface area (Å²) in [5.41, 5.74) is 7.51. The minimum absolute atomic E-state index is 0.398. The summed E-state index contributed by atoms with van der Waals surface area (Å²) in [6.45, 7) is 1.69. The average molecular weight is 179 g/mol. The van der Waals surface area contributed by atoms with Gasteiger partial charge in [0.05, 0.1) is 0 Å². The Morgan fingerprint density at radius 3 is 1.77 bits per heavy atom. The van der Waals surface area contributed by atoms with Gasteiger partial charge in [-0.1, -0.05) is 31.2 Å². The lowest BCUT2D eigenvalue weighted by atomic mass is 9.95. The zero-order chi connectivity index (χ0) is 9.84. The number of hydrogen-bond donors (Lipinski definition) is 2. The molecule has 3 heteroatoms. The summed E-state index contributed by atoms with van der Waals surface area (Å²) in [6.07, 6.45) is -0.560. The summed E-state index contributed by atoms with van der Waals surface area (Å²) in [4.78, 5) is 9.90. The summed E-state index contributed by atoms with van der Waals surface area (Å²) in [6, 6.07) is 8.48. The molecule has 0 saturated heterocycles. The molecular formula is C10H13NO2. The molecular weight excluding hydrogens is 166 g/mol. The molecule has 0 aromatic heterocycles. The summed E-state index contributed by atoms with van der Waals surface area (Å²) in [5, 5.41) is 8.46. The van der Waals surface area contributed by atoms with Crippen LogP contribution in [0.15, 0.2) is 24.3 Å². The Morgan fingerprint density at radius 1 is 1.38 bits per heavy atom. The molecule has 70 valence electrons. The molecule has 0 radical (unpaired) electrons. The largest absolute Gasteiger partial charge is 0.383 e. The number of primary amides is 1. The summed E-state index contributed by atoms with van der Waals surface area (Å²) >= 11 is 0. The number of carbonyl (C=O) groups is 1. The third kappa shape index (κ3) is 2.29. The highest BCUT2D eigenvalue weighted by Crippen LogP contribution is 2.29. The van der Waals surface area contributed by atoms with Crippen molar-refractivity contribution in [1.82, 2.24) is 0 Å². The van der Waals surface area contributed by atoms with Crippen LogP contribution in [0.2, 0.25) is 0 Å². The zero-order valence-corrected chi connectivity index (χ0v) is 7.53. The van der Waals surface area contributed by atoms with E-state index < -0.39 is 12.0 Å². The molecule has 2 rings (SSSR count). The number of fused-ring (bicyclic) bond motifs is 1. The maximum Gasteiger partial charge on any atom is 0.246 e. The highest BCUT2D eigenvalue weighted by molar-refractivity contribution is 5.78. The van der Waals surface area contributed by atoms with Crippen molar-refractivity contribution in [2.75, 3.05) is 0 Å². The fraction of sp³-hybridized carbons (Fsp3) is 0.300. The molecule has 0 saturated carbocycles. The van der Waals surface area contributed by atoms with Gasteiger partial charge in [-0.15, -0.1) is 0 Å². The second kappa shape index (κ2) is 4.05. The summed E-state index contributed by atoms with van der Waals surface area (Å²) in [7, 11) is 0. The molecule has 2 aliphatic carbocycles. The predicted octanol–water partition coefficient (Wildman–Crippen LogP) is 0.910. The first-order chi connectivity index (χ1) is 6.15. The molecule has 3 N–H and O–H groups in total. The number of amides is 1. The predicted molar refractivity (Wildman–Crippen MR) is 50.9 cm³/mol. The third-order valence-electron chi connectivity index (χ3n) is 1.93. The lowest BCUT2D eigenvalue weighted by Crippen LogP contribution is -2.26. The SMILES string of the molecule is CCC(O)C(N)=O.c1cc2ccc1-2. The number of nitrogens with two attached hydrogens (primary N) is 1. The minimum Gasteiger partial charge on any atom is -0.383 e. The maximum absolute atomic E-state index is 9.90. The number of aliphatic hydroxyl groups excluding tert-OH is 1. The molecule has 0 aliphatic heterocycles. The van der Waals surface area contributed by atoms with Gasteiger partial charge in [-0.25, -0.2) is 0 Å². The van der Waals surface area contributed by atoms with Gasteiger partial charge in [0, 0.05) is 0 Å². The zero-order valence-electron chi connectivity index (χ0n) is 7.53. The summed E-state index contributed by atoms with van der Waals surface area (Å²) < 4.78 is 0. The molecule has 1 atom stereocenters. The van der Waals surface area contributed by atoms with E-state index in [1.165, 1.54) is 11.1 Å². The molecule has 2 aliphatic rings. The first kappa shape index (κ1) is 9.74. The van der Waals surface area contributed by atoms with Crippen molar-refractivity contribution >= 4 is 5.91 Å². The molecule has 0 bridgehead atoms. The molecule has 3 nitrogen and oxygen atoms in total. The van der Waals surface area contributed by atoms with E-state index in [9.17, 15) is 4.79 Å². The van der Waals surface area contributed by atoms with Gasteiger partial charge in [0.15, 0.2) is 0 Å². The second-order valence-electron chi connectivity index (χ2n) is 2.90. The fourth-order valence-electron chi connectivity index (χ4n) is 0.864. The lowest BCUT2D eigenvalue weighted by Gasteiger charge is -2.10. The Balaban J connectivity index is 0.000000130. The van der Waals surface area contributed by atoms with Crippen LogP contribution in [0.5, 0.6) is 0 Å². The average Bonchev–Trinajstić information content (AvgIpc) is 2.10. The Hall–Kier alpha value is -1.35. The molecule has 1 amide bonds. The molecule has 1 unspecified atom stereocenters. The van der Waals surface area contributed by atoms with Crippen LogP contribution in [0.1, 0.15) is 13.3 Å². The number of benzene rings is 1. The van der Waals surface area contributed by atoms with Crippen LogP contribution < -0.4 is 5.73 Å². The Morgan fingerprint density at radius 2 is 1.77 bits per heavy atom. The van der Waals surface area contributed by atoms with Crippen molar-refractivity contribution < 1.29 is 9.90 Å². The van der Waals surface area contributed by atoms with Gasteiger partial charge in [0.2, 0.25) is 5.91 Å². The number of rotatable bonds is 2. The van der Waals surface area contributed by atoms with Gasteiger partial charge in [-0.3, -0.25) is 4.79 Å². The quantitative estimate of drug-likeness (QED) is 0.719. The van der Waals surface area contributed by atoms with E-state index >= 15 is 0 Å². The first-order valence-corrected chi connectivity index (χ1v) is 4.23. The summed E-state index contributed by atoms with van der Waals surface area (Å²) in [5.74, 6) is -0.650. The van der Waals surface area contributed by atoms with Gasteiger partial charge < -0.3 is 10.8 Å². The topological polar surface area (TPSA) is 63.3 Å². The normalized spacial score (nSPS) is 12.5. The van der Waals surface area contributed by atoms with Crippen molar-refractivity contribution in [2.45, 2.75) is 19.4 Å². The molecule has 0 spiro atoms. The maximum atomic E-state index is 9.90. The number of carbonyl (C=O) groups excluding carboxylic acids is 1. The Bertz CT molecular complexity index is 271.